The molecule has 3 nitrogen and oxygen atoms in total. The number of rotatable bonds is 4. The molecular weight excluding hydrogens is 234 g/mol. The van der Waals surface area contributed by atoms with Crippen LogP contribution in [0.15, 0.2) is 65.8 Å². The highest BCUT2D eigenvalue weighted by Gasteiger charge is 1.96. The molecule has 0 amide bonds. The maximum absolute atomic E-state index is 8.30. The van der Waals surface area contributed by atoms with Gasteiger partial charge >= 0.3 is 0 Å². The molecule has 0 heterocycles. The number of nitrogens with zero attached hydrogens (tertiary/aromatic N) is 3. The van der Waals surface area contributed by atoms with Gasteiger partial charge in [0, 0.05) is 4.91 Å². The van der Waals surface area contributed by atoms with Crippen LogP contribution in [-0.2, 0) is 0 Å². The molecule has 0 aliphatic rings. The van der Waals surface area contributed by atoms with Crippen molar-refractivity contribution in [2.75, 3.05) is 0 Å². The van der Waals surface area contributed by atoms with Gasteiger partial charge in [0.1, 0.15) is 0 Å². The van der Waals surface area contributed by atoms with Crippen LogP contribution in [0.1, 0.15) is 12.5 Å². The third-order valence-electron chi connectivity index (χ3n) is 2.74. The summed E-state index contributed by atoms with van der Waals surface area (Å²) in [6.45, 7) is 1.77. The van der Waals surface area contributed by atoms with Gasteiger partial charge in [-0.05, 0) is 29.1 Å². The number of hydrogen-bond acceptors (Lipinski definition) is 1. The molecular formula is C16H14N3. The predicted octanol–water partition coefficient (Wildman–Crippen LogP) is 5.23. The van der Waals surface area contributed by atoms with Gasteiger partial charge in [0.25, 0.3) is 0 Å². The van der Waals surface area contributed by atoms with Gasteiger partial charge in [-0.25, -0.2) is 0 Å². The summed E-state index contributed by atoms with van der Waals surface area (Å²) in [5, 5.41) is 3.52. The van der Waals surface area contributed by atoms with E-state index in [0.29, 0.717) is 6.04 Å². The standard InChI is InChI=1S/C16H14N3/c1-13(18-19-17)7-8-14-9-11-16(12-10-14)15-5-3-2-4-6-15/h2-12H,1H3/b8-7+. The quantitative estimate of drug-likeness (QED) is 0.404. The fraction of sp³-hybridized carbons (Fsp3) is 0.0625. The zero-order valence-corrected chi connectivity index (χ0v) is 10.7. The summed E-state index contributed by atoms with van der Waals surface area (Å²) in [7, 11) is 0. The summed E-state index contributed by atoms with van der Waals surface area (Å²) >= 11 is 0. The molecule has 0 atom stereocenters. The van der Waals surface area contributed by atoms with Crippen LogP contribution in [0.2, 0.25) is 0 Å². The smallest absolute Gasteiger partial charge is 0.0787 e. The molecule has 0 unspecified atom stereocenters. The highest BCUT2D eigenvalue weighted by atomic mass is 15.1. The van der Waals surface area contributed by atoms with Crippen molar-refractivity contribution in [3.8, 4) is 11.1 Å². The van der Waals surface area contributed by atoms with Crippen LogP contribution in [0.25, 0.3) is 27.6 Å². The topological polar surface area (TPSA) is 48.8 Å². The van der Waals surface area contributed by atoms with Crippen molar-refractivity contribution in [2.24, 2.45) is 5.11 Å². The Morgan fingerprint density at radius 1 is 1.00 bits per heavy atom. The number of benzene rings is 2. The lowest BCUT2D eigenvalue weighted by molar-refractivity contribution is 1.12. The zero-order valence-electron chi connectivity index (χ0n) is 10.7. The molecule has 93 valence electrons. The average Bonchev–Trinajstić information content (AvgIpc) is 2.47. The van der Waals surface area contributed by atoms with Crippen LogP contribution in [0, 0.1) is 6.04 Å². The lowest BCUT2D eigenvalue weighted by Gasteiger charge is -2.02. The van der Waals surface area contributed by atoms with Gasteiger partial charge in [-0.1, -0.05) is 71.9 Å². The van der Waals surface area contributed by atoms with Crippen molar-refractivity contribution in [3.63, 3.8) is 0 Å². The Labute approximate surface area is 112 Å². The lowest BCUT2D eigenvalue weighted by atomic mass is 10.0. The monoisotopic (exact) mass is 248 g/mol. The summed E-state index contributed by atoms with van der Waals surface area (Å²) in [5.74, 6) is 0. The maximum atomic E-state index is 8.30. The molecule has 0 aromatic heterocycles. The predicted molar refractivity (Wildman–Crippen MR) is 79.0 cm³/mol. The SMILES string of the molecule is C[C](/C=C/c1ccc(-c2ccccc2)cc1)N=[N+]=[N-]. The molecule has 3 heteroatoms. The van der Waals surface area contributed by atoms with Crippen molar-refractivity contribution in [1.82, 2.24) is 0 Å². The van der Waals surface area contributed by atoms with Gasteiger partial charge in [0.15, 0.2) is 0 Å². The van der Waals surface area contributed by atoms with E-state index in [2.05, 4.69) is 34.3 Å². The van der Waals surface area contributed by atoms with Crippen LogP contribution in [-0.4, -0.2) is 0 Å². The minimum absolute atomic E-state index is 0.648. The Kier molecular flexibility index (Phi) is 4.38. The highest BCUT2D eigenvalue weighted by Crippen LogP contribution is 2.20. The van der Waals surface area contributed by atoms with Crippen LogP contribution in [0.4, 0.5) is 0 Å². The Bertz CT molecular complexity index is 594. The molecule has 2 aromatic carbocycles. The Hall–Kier alpha value is -2.51. The summed E-state index contributed by atoms with van der Waals surface area (Å²) in [4.78, 5) is 2.74. The summed E-state index contributed by atoms with van der Waals surface area (Å²) in [5.41, 5.74) is 11.8. The minimum atomic E-state index is 0.648. The van der Waals surface area contributed by atoms with Crippen LogP contribution in [0.5, 0.6) is 0 Å². The van der Waals surface area contributed by atoms with E-state index in [0.717, 1.165) is 5.56 Å². The van der Waals surface area contributed by atoms with Gasteiger partial charge in [0.05, 0.1) is 6.04 Å². The molecule has 0 aliphatic carbocycles. The summed E-state index contributed by atoms with van der Waals surface area (Å²) in [6.07, 6.45) is 3.73. The molecule has 0 N–H and O–H groups in total. The first-order valence-electron chi connectivity index (χ1n) is 6.02. The van der Waals surface area contributed by atoms with Crippen molar-refractivity contribution < 1.29 is 0 Å². The Balaban J connectivity index is 2.13. The first kappa shape index (κ1) is 12.9. The van der Waals surface area contributed by atoms with Crippen LogP contribution in [0.3, 0.4) is 0 Å². The van der Waals surface area contributed by atoms with E-state index in [4.69, 9.17) is 5.53 Å². The fourth-order valence-electron chi connectivity index (χ4n) is 1.74. The molecule has 0 saturated heterocycles. The summed E-state index contributed by atoms with van der Waals surface area (Å²) < 4.78 is 0. The second kappa shape index (κ2) is 6.43. The average molecular weight is 248 g/mol. The van der Waals surface area contributed by atoms with Gasteiger partial charge in [-0.2, -0.15) is 0 Å². The molecule has 0 bridgehead atoms. The third kappa shape index (κ3) is 3.73. The van der Waals surface area contributed by atoms with Crippen molar-refractivity contribution in [1.29, 1.82) is 0 Å². The number of hydrogen-bond donors (Lipinski definition) is 0. The van der Waals surface area contributed by atoms with Crippen molar-refractivity contribution in [3.05, 3.63) is 82.7 Å². The molecule has 2 aromatic rings. The van der Waals surface area contributed by atoms with Gasteiger partial charge in [0.2, 0.25) is 0 Å². The molecule has 0 spiro atoms. The molecule has 19 heavy (non-hydrogen) atoms. The first-order valence-corrected chi connectivity index (χ1v) is 6.02. The fourth-order valence-corrected chi connectivity index (χ4v) is 1.74. The molecule has 0 saturated carbocycles. The molecule has 2 rings (SSSR count). The molecule has 0 fully saturated rings. The summed E-state index contributed by atoms with van der Waals surface area (Å²) in [6, 6.07) is 19.1. The van der Waals surface area contributed by atoms with Crippen LogP contribution < -0.4 is 0 Å². The zero-order chi connectivity index (χ0) is 13.5. The van der Waals surface area contributed by atoms with E-state index in [1.807, 2.05) is 36.4 Å². The van der Waals surface area contributed by atoms with Gasteiger partial charge in [-0.15, -0.1) is 0 Å². The third-order valence-corrected chi connectivity index (χ3v) is 2.74. The van der Waals surface area contributed by atoms with E-state index in [1.165, 1.54) is 11.1 Å². The molecule has 1 radical (unpaired) electrons. The van der Waals surface area contributed by atoms with E-state index in [1.54, 1.807) is 13.0 Å². The normalized spacial score (nSPS) is 10.6. The second-order valence-corrected chi connectivity index (χ2v) is 4.15. The van der Waals surface area contributed by atoms with E-state index in [9.17, 15) is 0 Å². The molecule has 0 aliphatic heterocycles. The van der Waals surface area contributed by atoms with Gasteiger partial charge < -0.3 is 0 Å². The van der Waals surface area contributed by atoms with Crippen molar-refractivity contribution >= 4 is 6.08 Å². The van der Waals surface area contributed by atoms with E-state index < -0.39 is 0 Å². The maximum Gasteiger partial charge on any atom is 0.0787 e. The van der Waals surface area contributed by atoms with E-state index in [-0.39, 0.29) is 0 Å². The van der Waals surface area contributed by atoms with Crippen molar-refractivity contribution in [2.45, 2.75) is 6.92 Å². The Morgan fingerprint density at radius 3 is 2.26 bits per heavy atom. The Morgan fingerprint density at radius 2 is 1.63 bits per heavy atom. The van der Waals surface area contributed by atoms with Crippen LogP contribution >= 0.6 is 0 Å². The largest absolute Gasteiger partial charge is 0.0824 e. The highest BCUT2D eigenvalue weighted by molar-refractivity contribution is 5.65. The second-order valence-electron chi connectivity index (χ2n) is 4.15. The van der Waals surface area contributed by atoms with Gasteiger partial charge in [-0.3, -0.25) is 0 Å². The first-order chi connectivity index (χ1) is 9.29. The van der Waals surface area contributed by atoms with E-state index >= 15 is 0 Å². The lowest BCUT2D eigenvalue weighted by Crippen LogP contribution is -1.79. The number of azide groups is 1. The minimum Gasteiger partial charge on any atom is -0.0824 e.